The summed E-state index contributed by atoms with van der Waals surface area (Å²) in [6.07, 6.45) is 0.532. The molecule has 0 aromatic carbocycles. The lowest BCUT2D eigenvalue weighted by molar-refractivity contribution is -0.0937. The van der Waals surface area contributed by atoms with Gasteiger partial charge in [-0.3, -0.25) is 0 Å². The number of hydrogen-bond acceptors (Lipinski definition) is 1. The van der Waals surface area contributed by atoms with E-state index in [0.29, 0.717) is 6.10 Å². The molecule has 0 aromatic rings. The first-order valence-corrected chi connectivity index (χ1v) is 2.42. The molecule has 2 atom stereocenters. The maximum Gasteiger partial charge on any atom is 0.0594 e. The highest BCUT2D eigenvalue weighted by Gasteiger charge is 2.21. The van der Waals surface area contributed by atoms with E-state index < -0.39 is 0 Å². The summed E-state index contributed by atoms with van der Waals surface area (Å²) in [7, 11) is 0. The predicted molar refractivity (Wildman–Crippen MR) is 24.6 cm³/mol. The summed E-state index contributed by atoms with van der Waals surface area (Å²) in [4.78, 5) is 0. The molecule has 1 heterocycles. The second kappa shape index (κ2) is 1.23. The van der Waals surface area contributed by atoms with Gasteiger partial charge in [-0.1, -0.05) is 6.92 Å². The molecule has 36 valence electrons. The lowest BCUT2D eigenvalue weighted by Crippen LogP contribution is -2.34. The van der Waals surface area contributed by atoms with Crippen LogP contribution >= 0.6 is 0 Å². The first kappa shape index (κ1) is 4.13. The van der Waals surface area contributed by atoms with Crippen LogP contribution in [0.1, 0.15) is 13.8 Å². The van der Waals surface area contributed by atoms with Gasteiger partial charge in [0.15, 0.2) is 0 Å². The standard InChI is InChI=1S/C5H10O/c1-4-3-6-5(4)2/h4-5H,3H2,1-2H3/t4?,5-/m0/s1. The molecule has 0 bridgehead atoms. The van der Waals surface area contributed by atoms with Crippen molar-refractivity contribution in [3.05, 3.63) is 0 Å². The maximum atomic E-state index is 5.04. The molecule has 1 fully saturated rings. The highest BCUT2D eigenvalue weighted by molar-refractivity contribution is 4.68. The molecular formula is C5H10O. The van der Waals surface area contributed by atoms with Crippen LogP contribution in [0, 0.1) is 5.92 Å². The summed E-state index contributed by atoms with van der Waals surface area (Å²) in [5.41, 5.74) is 0. The second-order valence-corrected chi connectivity index (χ2v) is 2.02. The van der Waals surface area contributed by atoms with Crippen LogP contribution in [-0.2, 0) is 4.74 Å². The molecule has 1 saturated heterocycles. The summed E-state index contributed by atoms with van der Waals surface area (Å²) in [6.45, 7) is 5.28. The van der Waals surface area contributed by atoms with Crippen LogP contribution in [0.5, 0.6) is 0 Å². The van der Waals surface area contributed by atoms with Crippen molar-refractivity contribution >= 4 is 0 Å². The monoisotopic (exact) mass is 86.1 g/mol. The van der Waals surface area contributed by atoms with Gasteiger partial charge in [0, 0.05) is 5.92 Å². The van der Waals surface area contributed by atoms with Crippen molar-refractivity contribution in [3.63, 3.8) is 0 Å². The van der Waals surface area contributed by atoms with Gasteiger partial charge in [-0.25, -0.2) is 0 Å². The number of rotatable bonds is 0. The predicted octanol–water partition coefficient (Wildman–Crippen LogP) is 1.04. The first-order valence-electron chi connectivity index (χ1n) is 2.42. The zero-order valence-electron chi connectivity index (χ0n) is 4.27. The van der Waals surface area contributed by atoms with Crippen molar-refractivity contribution in [2.45, 2.75) is 20.0 Å². The Balaban J connectivity index is 2.20. The largest absolute Gasteiger partial charge is 0.378 e. The first-order chi connectivity index (χ1) is 2.80. The number of ether oxygens (including phenoxy) is 1. The molecule has 6 heavy (non-hydrogen) atoms. The molecule has 0 saturated carbocycles. The highest BCUT2D eigenvalue weighted by Crippen LogP contribution is 2.17. The zero-order chi connectivity index (χ0) is 4.57. The van der Waals surface area contributed by atoms with Gasteiger partial charge in [0.2, 0.25) is 0 Å². The average Bonchev–Trinajstić information content (AvgIpc) is 1.61. The Morgan fingerprint density at radius 2 is 2.00 bits per heavy atom. The van der Waals surface area contributed by atoms with E-state index in [1.54, 1.807) is 0 Å². The molecule has 1 aliphatic heterocycles. The molecule has 0 aliphatic carbocycles. The lowest BCUT2D eigenvalue weighted by Gasteiger charge is -2.30. The fourth-order valence-corrected chi connectivity index (χ4v) is 0.481. The van der Waals surface area contributed by atoms with E-state index in [2.05, 4.69) is 13.8 Å². The van der Waals surface area contributed by atoms with Crippen LogP contribution < -0.4 is 0 Å². The van der Waals surface area contributed by atoms with Crippen LogP contribution in [0.15, 0.2) is 0 Å². The SMILES string of the molecule is CC1CO[C@H]1C. The van der Waals surface area contributed by atoms with E-state index in [1.165, 1.54) is 0 Å². The Bertz CT molecular complexity index is 43.9. The Morgan fingerprint density at radius 1 is 1.50 bits per heavy atom. The summed E-state index contributed by atoms with van der Waals surface area (Å²) in [5.74, 6) is 0.810. The minimum Gasteiger partial charge on any atom is -0.378 e. The van der Waals surface area contributed by atoms with Crippen molar-refractivity contribution in [3.8, 4) is 0 Å². The Morgan fingerprint density at radius 3 is 2.00 bits per heavy atom. The van der Waals surface area contributed by atoms with Gasteiger partial charge in [0.1, 0.15) is 0 Å². The molecule has 1 unspecified atom stereocenters. The second-order valence-electron chi connectivity index (χ2n) is 2.02. The molecule has 0 N–H and O–H groups in total. The van der Waals surface area contributed by atoms with Crippen molar-refractivity contribution in [2.75, 3.05) is 6.61 Å². The third-order valence-electron chi connectivity index (χ3n) is 1.42. The molecule has 1 aliphatic rings. The molecule has 0 aromatic heterocycles. The summed E-state index contributed by atoms with van der Waals surface area (Å²) in [6, 6.07) is 0. The van der Waals surface area contributed by atoms with Gasteiger partial charge in [-0.15, -0.1) is 0 Å². The molecule has 0 spiro atoms. The fourth-order valence-electron chi connectivity index (χ4n) is 0.481. The van der Waals surface area contributed by atoms with E-state index in [0.717, 1.165) is 12.5 Å². The minimum absolute atomic E-state index is 0.532. The summed E-state index contributed by atoms with van der Waals surface area (Å²) >= 11 is 0. The Kier molecular flexibility index (Phi) is 0.845. The normalized spacial score (nSPS) is 45.0. The van der Waals surface area contributed by atoms with Crippen molar-refractivity contribution < 1.29 is 4.74 Å². The summed E-state index contributed by atoms with van der Waals surface area (Å²) in [5, 5.41) is 0. The van der Waals surface area contributed by atoms with Gasteiger partial charge >= 0.3 is 0 Å². The van der Waals surface area contributed by atoms with E-state index in [9.17, 15) is 0 Å². The third kappa shape index (κ3) is 0.432. The van der Waals surface area contributed by atoms with Crippen LogP contribution in [-0.4, -0.2) is 12.7 Å². The molecule has 1 heteroatoms. The fraction of sp³-hybridized carbons (Fsp3) is 1.00. The molecular weight excluding hydrogens is 76.1 g/mol. The summed E-state index contributed by atoms with van der Waals surface area (Å²) < 4.78 is 5.04. The van der Waals surface area contributed by atoms with Crippen molar-refractivity contribution in [1.29, 1.82) is 0 Å². The molecule has 1 nitrogen and oxygen atoms in total. The van der Waals surface area contributed by atoms with Crippen molar-refractivity contribution in [1.82, 2.24) is 0 Å². The average molecular weight is 86.1 g/mol. The van der Waals surface area contributed by atoms with Gasteiger partial charge in [0.05, 0.1) is 12.7 Å². The number of hydrogen-bond donors (Lipinski definition) is 0. The molecule has 1 rings (SSSR count). The van der Waals surface area contributed by atoms with Crippen molar-refractivity contribution in [2.24, 2.45) is 5.92 Å². The quantitative estimate of drug-likeness (QED) is 0.428. The zero-order valence-corrected chi connectivity index (χ0v) is 4.27. The van der Waals surface area contributed by atoms with Gasteiger partial charge in [0.25, 0.3) is 0 Å². The van der Waals surface area contributed by atoms with E-state index in [-0.39, 0.29) is 0 Å². The van der Waals surface area contributed by atoms with Gasteiger partial charge in [-0.2, -0.15) is 0 Å². The van der Waals surface area contributed by atoms with Crippen LogP contribution in [0.25, 0.3) is 0 Å². The molecule has 0 amide bonds. The third-order valence-corrected chi connectivity index (χ3v) is 1.42. The van der Waals surface area contributed by atoms with E-state index in [4.69, 9.17) is 4.74 Å². The Labute approximate surface area is 38.3 Å². The van der Waals surface area contributed by atoms with Crippen LogP contribution in [0.2, 0.25) is 0 Å². The van der Waals surface area contributed by atoms with Gasteiger partial charge < -0.3 is 4.74 Å². The lowest BCUT2D eigenvalue weighted by atomic mass is 10.0. The van der Waals surface area contributed by atoms with Gasteiger partial charge in [-0.05, 0) is 6.92 Å². The highest BCUT2D eigenvalue weighted by atomic mass is 16.5. The minimum atomic E-state index is 0.532. The Hall–Kier alpha value is -0.0400. The topological polar surface area (TPSA) is 9.23 Å². The maximum absolute atomic E-state index is 5.04. The van der Waals surface area contributed by atoms with E-state index in [1.807, 2.05) is 0 Å². The van der Waals surface area contributed by atoms with Crippen LogP contribution in [0.4, 0.5) is 0 Å². The van der Waals surface area contributed by atoms with Crippen LogP contribution in [0.3, 0.4) is 0 Å². The smallest absolute Gasteiger partial charge is 0.0594 e. The molecule has 0 radical (unpaired) electrons. The van der Waals surface area contributed by atoms with E-state index >= 15 is 0 Å².